The second-order valence-corrected chi connectivity index (χ2v) is 9.70. The predicted molar refractivity (Wildman–Crippen MR) is 126 cm³/mol. The summed E-state index contributed by atoms with van der Waals surface area (Å²) in [6.45, 7) is 9.01. The number of amides is 1. The first-order valence-electron chi connectivity index (χ1n) is 11.3. The first-order valence-corrected chi connectivity index (χ1v) is 12.1. The molecule has 0 aliphatic carbocycles. The van der Waals surface area contributed by atoms with Gasteiger partial charge in [-0.2, -0.15) is 10.4 Å². The van der Waals surface area contributed by atoms with Crippen LogP contribution < -0.4 is 5.32 Å². The number of likely N-dealkylation sites (tertiary alicyclic amines) is 1. The van der Waals surface area contributed by atoms with Crippen molar-refractivity contribution in [3.63, 3.8) is 0 Å². The van der Waals surface area contributed by atoms with Gasteiger partial charge in [-0.3, -0.25) is 9.69 Å². The topological polar surface area (TPSA) is 86.3 Å². The number of piperidine rings is 1. The van der Waals surface area contributed by atoms with Crippen molar-refractivity contribution < 1.29 is 4.79 Å². The molecule has 8 heteroatoms. The standard InChI is InChI=1S/C24H30N6OS/c1-16-8-10-29(11-9-16)21(22-5-4-12-32-22)15-26-23(31)7-6-20-17(2)28-24-19(13-25)14-27-30(24)18(20)3/h4-5,12,14,16,21H,6-11,15H2,1-3H3,(H,26,31). The summed E-state index contributed by atoms with van der Waals surface area (Å²) in [4.78, 5) is 21.1. The summed E-state index contributed by atoms with van der Waals surface area (Å²) >= 11 is 1.76. The van der Waals surface area contributed by atoms with E-state index in [0.29, 0.717) is 30.6 Å². The van der Waals surface area contributed by atoms with E-state index in [1.54, 1.807) is 15.9 Å². The maximum Gasteiger partial charge on any atom is 0.220 e. The zero-order chi connectivity index (χ0) is 22.7. The highest BCUT2D eigenvalue weighted by Gasteiger charge is 2.25. The number of thiophene rings is 1. The number of hydrogen-bond donors (Lipinski definition) is 1. The second-order valence-electron chi connectivity index (χ2n) is 8.72. The van der Waals surface area contributed by atoms with Crippen LogP contribution in [0.1, 0.15) is 59.6 Å². The molecule has 1 fully saturated rings. The molecule has 1 amide bonds. The van der Waals surface area contributed by atoms with Crippen LogP contribution >= 0.6 is 11.3 Å². The van der Waals surface area contributed by atoms with E-state index in [9.17, 15) is 10.1 Å². The van der Waals surface area contributed by atoms with E-state index in [1.807, 2.05) is 13.8 Å². The van der Waals surface area contributed by atoms with E-state index in [0.717, 1.165) is 36.0 Å². The van der Waals surface area contributed by atoms with Crippen LogP contribution in [0.25, 0.3) is 5.65 Å². The average Bonchev–Trinajstić information content (AvgIpc) is 3.45. The Morgan fingerprint density at radius 2 is 2.16 bits per heavy atom. The molecule has 3 aromatic heterocycles. The number of carbonyl (C=O) groups excluding carboxylic acids is 1. The Labute approximate surface area is 193 Å². The van der Waals surface area contributed by atoms with Gasteiger partial charge in [0.15, 0.2) is 5.65 Å². The highest BCUT2D eigenvalue weighted by molar-refractivity contribution is 7.10. The number of hydrogen-bond acceptors (Lipinski definition) is 6. The molecule has 1 atom stereocenters. The van der Waals surface area contributed by atoms with Crippen molar-refractivity contribution in [3.8, 4) is 6.07 Å². The van der Waals surface area contributed by atoms with Crippen LogP contribution in [0.4, 0.5) is 0 Å². The molecular formula is C24H30N6OS. The Morgan fingerprint density at radius 1 is 1.38 bits per heavy atom. The van der Waals surface area contributed by atoms with Crippen molar-refractivity contribution in [1.29, 1.82) is 5.26 Å². The van der Waals surface area contributed by atoms with Gasteiger partial charge < -0.3 is 5.32 Å². The molecule has 3 aromatic rings. The minimum absolute atomic E-state index is 0.0500. The Bertz CT molecular complexity index is 1120. The van der Waals surface area contributed by atoms with Crippen molar-refractivity contribution in [3.05, 3.63) is 51.1 Å². The van der Waals surface area contributed by atoms with Crippen LogP contribution in [-0.2, 0) is 11.2 Å². The molecule has 1 aliphatic heterocycles. The number of nitriles is 1. The normalized spacial score (nSPS) is 16.2. The lowest BCUT2D eigenvalue weighted by molar-refractivity contribution is -0.121. The number of aryl methyl sites for hydroxylation is 2. The highest BCUT2D eigenvalue weighted by Crippen LogP contribution is 2.29. The van der Waals surface area contributed by atoms with E-state index in [4.69, 9.17) is 0 Å². The fourth-order valence-electron chi connectivity index (χ4n) is 4.52. The summed E-state index contributed by atoms with van der Waals surface area (Å²) < 4.78 is 1.70. The molecule has 7 nitrogen and oxygen atoms in total. The van der Waals surface area contributed by atoms with Gasteiger partial charge in [-0.1, -0.05) is 13.0 Å². The summed E-state index contributed by atoms with van der Waals surface area (Å²) in [6.07, 6.45) is 4.96. The maximum absolute atomic E-state index is 12.7. The van der Waals surface area contributed by atoms with Gasteiger partial charge in [-0.15, -0.1) is 11.3 Å². The van der Waals surface area contributed by atoms with E-state index in [1.165, 1.54) is 23.9 Å². The molecule has 1 unspecified atom stereocenters. The predicted octanol–water partition coefficient (Wildman–Crippen LogP) is 3.80. The number of nitrogens with zero attached hydrogens (tertiary/aromatic N) is 5. The van der Waals surface area contributed by atoms with E-state index in [-0.39, 0.29) is 11.9 Å². The summed E-state index contributed by atoms with van der Waals surface area (Å²) in [7, 11) is 0. The van der Waals surface area contributed by atoms with Gasteiger partial charge >= 0.3 is 0 Å². The summed E-state index contributed by atoms with van der Waals surface area (Å²) in [5.74, 6) is 0.829. The lowest BCUT2D eigenvalue weighted by Gasteiger charge is -2.36. The Balaban J connectivity index is 1.40. The van der Waals surface area contributed by atoms with Crippen molar-refractivity contribution in [1.82, 2.24) is 24.8 Å². The lowest BCUT2D eigenvalue weighted by Crippen LogP contribution is -2.41. The second kappa shape index (κ2) is 9.80. The molecule has 1 saturated heterocycles. The fourth-order valence-corrected chi connectivity index (χ4v) is 5.38. The SMILES string of the molecule is Cc1nc2c(C#N)cnn2c(C)c1CCC(=O)NCC(c1cccs1)N1CCC(C)CC1. The van der Waals surface area contributed by atoms with Crippen LogP contribution in [0, 0.1) is 31.1 Å². The van der Waals surface area contributed by atoms with Crippen LogP contribution in [0.15, 0.2) is 23.7 Å². The minimum Gasteiger partial charge on any atom is -0.354 e. The smallest absolute Gasteiger partial charge is 0.220 e. The number of carbonyl (C=O) groups is 1. The molecule has 32 heavy (non-hydrogen) atoms. The van der Waals surface area contributed by atoms with Gasteiger partial charge in [0.2, 0.25) is 5.91 Å². The largest absolute Gasteiger partial charge is 0.354 e. The summed E-state index contributed by atoms with van der Waals surface area (Å²) in [5.41, 5.74) is 3.83. The average molecular weight is 451 g/mol. The number of fused-ring (bicyclic) bond motifs is 1. The van der Waals surface area contributed by atoms with Crippen molar-refractivity contribution >= 4 is 22.9 Å². The van der Waals surface area contributed by atoms with E-state index >= 15 is 0 Å². The Morgan fingerprint density at radius 3 is 2.84 bits per heavy atom. The van der Waals surface area contributed by atoms with Crippen LogP contribution in [0.3, 0.4) is 0 Å². The molecule has 1 N–H and O–H groups in total. The van der Waals surface area contributed by atoms with Gasteiger partial charge in [0.25, 0.3) is 0 Å². The van der Waals surface area contributed by atoms with Crippen molar-refractivity contribution in [2.45, 2.75) is 52.5 Å². The quantitative estimate of drug-likeness (QED) is 0.592. The first kappa shape index (κ1) is 22.4. The van der Waals surface area contributed by atoms with E-state index in [2.05, 4.69) is 50.8 Å². The zero-order valence-corrected chi connectivity index (χ0v) is 19.8. The van der Waals surface area contributed by atoms with Crippen molar-refractivity contribution in [2.75, 3.05) is 19.6 Å². The molecule has 168 valence electrons. The van der Waals surface area contributed by atoms with Gasteiger partial charge in [-0.25, -0.2) is 9.50 Å². The number of aromatic nitrogens is 3. The van der Waals surface area contributed by atoms with Crippen LogP contribution in [0.2, 0.25) is 0 Å². The maximum atomic E-state index is 12.7. The third kappa shape index (κ3) is 4.69. The van der Waals surface area contributed by atoms with Gasteiger partial charge in [0.05, 0.1) is 12.2 Å². The highest BCUT2D eigenvalue weighted by atomic mass is 32.1. The molecule has 0 aromatic carbocycles. The van der Waals surface area contributed by atoms with Gasteiger partial charge in [0, 0.05) is 29.2 Å². The van der Waals surface area contributed by atoms with Gasteiger partial charge in [0.1, 0.15) is 11.6 Å². The molecule has 0 spiro atoms. The molecule has 0 radical (unpaired) electrons. The molecule has 4 rings (SSSR count). The Kier molecular flexibility index (Phi) is 6.87. The van der Waals surface area contributed by atoms with E-state index < -0.39 is 0 Å². The fraction of sp³-hybridized carbons (Fsp3) is 0.500. The molecule has 0 bridgehead atoms. The molecule has 0 saturated carbocycles. The first-order chi connectivity index (χ1) is 15.5. The Hall–Kier alpha value is -2.76. The van der Waals surface area contributed by atoms with Gasteiger partial charge in [-0.05, 0) is 69.1 Å². The number of nitrogens with one attached hydrogen (secondary N) is 1. The third-order valence-electron chi connectivity index (χ3n) is 6.55. The molecule has 1 aliphatic rings. The van der Waals surface area contributed by atoms with Crippen LogP contribution in [-0.4, -0.2) is 45.0 Å². The molecular weight excluding hydrogens is 420 g/mol. The zero-order valence-electron chi connectivity index (χ0n) is 19.0. The summed E-state index contributed by atoms with van der Waals surface area (Å²) in [5, 5.41) is 18.8. The lowest BCUT2D eigenvalue weighted by atomic mass is 9.97. The minimum atomic E-state index is 0.0500. The van der Waals surface area contributed by atoms with Crippen LogP contribution in [0.5, 0.6) is 0 Å². The molecule has 4 heterocycles. The number of rotatable bonds is 7. The third-order valence-corrected chi connectivity index (χ3v) is 7.53. The summed E-state index contributed by atoms with van der Waals surface area (Å²) in [6, 6.07) is 6.63. The monoisotopic (exact) mass is 450 g/mol. The van der Waals surface area contributed by atoms with Crippen molar-refractivity contribution in [2.24, 2.45) is 5.92 Å².